The fourth-order valence-corrected chi connectivity index (χ4v) is 0.294. The van der Waals surface area contributed by atoms with Crippen molar-refractivity contribution in [1.82, 2.24) is 0 Å². The van der Waals surface area contributed by atoms with Gasteiger partial charge < -0.3 is 9.84 Å². The van der Waals surface area contributed by atoms with Crippen LogP contribution < -0.4 is 0 Å². The number of hydrogen-bond donors (Lipinski definition) is 1. The van der Waals surface area contributed by atoms with Crippen molar-refractivity contribution in [3.05, 3.63) is 0 Å². The highest BCUT2D eigenvalue weighted by molar-refractivity contribution is 4.80. The molecule has 0 heterocycles. The van der Waals surface area contributed by atoms with E-state index < -0.39 is 6.10 Å². The fraction of sp³-hybridized carbons (Fsp3) is 0.800. The largest absolute Gasteiger partial charge is 0.385 e. The zero-order valence-corrected chi connectivity index (χ0v) is 4.79. The van der Waals surface area contributed by atoms with Gasteiger partial charge in [0.05, 0.1) is 6.07 Å². The summed E-state index contributed by atoms with van der Waals surface area (Å²) in [4.78, 5) is 0. The van der Waals surface area contributed by atoms with Crippen molar-refractivity contribution in [3.63, 3.8) is 0 Å². The van der Waals surface area contributed by atoms with Crippen molar-refractivity contribution < 1.29 is 9.84 Å². The number of nitrogens with zero attached hydrogens (tertiary/aromatic N) is 1. The third-order valence-electron chi connectivity index (χ3n) is 0.744. The number of nitriles is 1. The van der Waals surface area contributed by atoms with E-state index in [9.17, 15) is 0 Å². The van der Waals surface area contributed by atoms with E-state index >= 15 is 0 Å². The van der Waals surface area contributed by atoms with Gasteiger partial charge >= 0.3 is 0 Å². The van der Waals surface area contributed by atoms with Crippen LogP contribution in [0.3, 0.4) is 0 Å². The Labute approximate surface area is 48.5 Å². The fourth-order valence-electron chi connectivity index (χ4n) is 0.294. The third kappa shape index (κ3) is 3.59. The van der Waals surface area contributed by atoms with Gasteiger partial charge in [0.2, 0.25) is 0 Å². The topological polar surface area (TPSA) is 53.2 Å². The van der Waals surface area contributed by atoms with Crippen molar-refractivity contribution in [2.45, 2.75) is 12.5 Å². The van der Waals surface area contributed by atoms with E-state index in [0.717, 1.165) is 0 Å². The van der Waals surface area contributed by atoms with Gasteiger partial charge in [0, 0.05) is 20.1 Å². The van der Waals surface area contributed by atoms with Crippen LogP contribution in [0.15, 0.2) is 0 Å². The zero-order valence-electron chi connectivity index (χ0n) is 4.79. The maximum absolute atomic E-state index is 8.55. The van der Waals surface area contributed by atoms with E-state index in [1.807, 2.05) is 0 Å². The first-order valence-electron chi connectivity index (χ1n) is 2.38. The Hall–Kier alpha value is -0.590. The Morgan fingerprint density at radius 3 is 2.88 bits per heavy atom. The number of methoxy groups -OCH3 is 1. The molecule has 0 amide bonds. The second kappa shape index (κ2) is 4.57. The summed E-state index contributed by atoms with van der Waals surface area (Å²) in [5, 5.41) is 16.6. The summed E-state index contributed by atoms with van der Waals surface area (Å²) in [5.74, 6) is 0. The van der Waals surface area contributed by atoms with Crippen LogP contribution in [-0.4, -0.2) is 24.9 Å². The molecule has 1 atom stereocenters. The molecule has 0 aliphatic heterocycles. The molecular formula is C5H9NO2. The van der Waals surface area contributed by atoms with Crippen molar-refractivity contribution in [2.24, 2.45) is 0 Å². The molecule has 0 aromatic rings. The molecule has 0 aromatic heterocycles. The average Bonchev–Trinajstić information content (AvgIpc) is 1.83. The van der Waals surface area contributed by atoms with Crippen molar-refractivity contribution in [2.75, 3.05) is 13.7 Å². The molecule has 0 aliphatic carbocycles. The van der Waals surface area contributed by atoms with E-state index in [1.165, 1.54) is 7.11 Å². The van der Waals surface area contributed by atoms with Crippen LogP contribution in [0.25, 0.3) is 0 Å². The van der Waals surface area contributed by atoms with Crippen molar-refractivity contribution >= 4 is 0 Å². The lowest BCUT2D eigenvalue weighted by Crippen LogP contribution is -2.05. The van der Waals surface area contributed by atoms with Crippen LogP contribution in [-0.2, 0) is 4.74 Å². The zero-order chi connectivity index (χ0) is 6.41. The van der Waals surface area contributed by atoms with E-state index in [4.69, 9.17) is 10.4 Å². The van der Waals surface area contributed by atoms with Gasteiger partial charge in [0.15, 0.2) is 0 Å². The Bertz CT molecular complexity index is 86.9. The summed E-state index contributed by atoms with van der Waals surface area (Å²) in [6, 6.07) is 1.68. The average molecular weight is 115 g/mol. The summed E-state index contributed by atoms with van der Waals surface area (Å²) >= 11 is 0. The van der Waals surface area contributed by atoms with Gasteiger partial charge in [-0.15, -0.1) is 0 Å². The van der Waals surface area contributed by atoms with Gasteiger partial charge in [-0.2, -0.15) is 5.26 Å². The van der Waals surface area contributed by atoms with E-state index in [-0.39, 0.29) is 0 Å². The Morgan fingerprint density at radius 2 is 2.50 bits per heavy atom. The Balaban J connectivity index is 3.02. The molecule has 0 spiro atoms. The maximum atomic E-state index is 8.55. The molecule has 0 aromatic carbocycles. The van der Waals surface area contributed by atoms with Crippen LogP contribution >= 0.6 is 0 Å². The quantitative estimate of drug-likeness (QED) is 0.523. The molecule has 0 saturated heterocycles. The summed E-state index contributed by atoms with van der Waals surface area (Å²) in [5.41, 5.74) is 0. The molecule has 0 saturated carbocycles. The molecule has 1 unspecified atom stereocenters. The molecule has 3 nitrogen and oxygen atoms in total. The number of hydrogen-bond acceptors (Lipinski definition) is 3. The summed E-state index contributed by atoms with van der Waals surface area (Å²) in [6.07, 6.45) is -0.470. The highest BCUT2D eigenvalue weighted by Gasteiger charge is 1.97. The molecule has 0 aliphatic rings. The first kappa shape index (κ1) is 7.41. The smallest absolute Gasteiger partial charge is 0.142 e. The second-order valence-corrected chi connectivity index (χ2v) is 1.43. The predicted molar refractivity (Wildman–Crippen MR) is 28.1 cm³/mol. The standard InChI is InChI=1S/C5H9NO2/c1-8-3-2-5(7)4-6/h5,7H,2-3H2,1H3. The molecule has 46 valence electrons. The predicted octanol–water partition coefficient (Wildman–Crippen LogP) is -0.0926. The van der Waals surface area contributed by atoms with E-state index in [1.54, 1.807) is 6.07 Å². The monoisotopic (exact) mass is 115 g/mol. The molecule has 3 heteroatoms. The molecule has 0 radical (unpaired) electrons. The third-order valence-corrected chi connectivity index (χ3v) is 0.744. The SMILES string of the molecule is COCCC(O)C#N. The summed E-state index contributed by atoms with van der Waals surface area (Å²) in [6.45, 7) is 0.439. The summed E-state index contributed by atoms with van der Waals surface area (Å²) in [7, 11) is 1.53. The number of aliphatic hydroxyl groups is 1. The highest BCUT2D eigenvalue weighted by Crippen LogP contribution is 1.87. The van der Waals surface area contributed by atoms with Gasteiger partial charge in [-0.3, -0.25) is 0 Å². The van der Waals surface area contributed by atoms with Crippen LogP contribution in [0.1, 0.15) is 6.42 Å². The van der Waals surface area contributed by atoms with E-state index in [0.29, 0.717) is 13.0 Å². The molecule has 0 fully saturated rings. The minimum Gasteiger partial charge on any atom is -0.385 e. The minimum absolute atomic E-state index is 0.396. The first-order valence-corrected chi connectivity index (χ1v) is 2.38. The van der Waals surface area contributed by atoms with Gasteiger partial charge in [-0.1, -0.05) is 0 Å². The van der Waals surface area contributed by atoms with Gasteiger partial charge in [0.25, 0.3) is 0 Å². The van der Waals surface area contributed by atoms with Gasteiger partial charge in [-0.05, 0) is 0 Å². The lowest BCUT2D eigenvalue weighted by atomic mass is 10.3. The van der Waals surface area contributed by atoms with E-state index in [2.05, 4.69) is 4.74 Å². The molecular weight excluding hydrogens is 106 g/mol. The van der Waals surface area contributed by atoms with Crippen molar-refractivity contribution in [1.29, 1.82) is 5.26 Å². The normalized spacial score (nSPS) is 12.6. The highest BCUT2D eigenvalue weighted by atomic mass is 16.5. The Morgan fingerprint density at radius 1 is 1.88 bits per heavy atom. The molecule has 0 rings (SSSR count). The minimum atomic E-state index is -0.866. The van der Waals surface area contributed by atoms with Gasteiger partial charge in [-0.25, -0.2) is 0 Å². The maximum Gasteiger partial charge on any atom is 0.142 e. The lowest BCUT2D eigenvalue weighted by Gasteiger charge is -1.96. The number of ether oxygens (including phenoxy) is 1. The van der Waals surface area contributed by atoms with Crippen LogP contribution in [0.2, 0.25) is 0 Å². The summed E-state index contributed by atoms with van der Waals surface area (Å²) < 4.78 is 4.60. The first-order chi connectivity index (χ1) is 3.81. The number of rotatable bonds is 3. The second-order valence-electron chi connectivity index (χ2n) is 1.43. The van der Waals surface area contributed by atoms with Crippen LogP contribution in [0, 0.1) is 11.3 Å². The Kier molecular flexibility index (Phi) is 4.23. The molecule has 8 heavy (non-hydrogen) atoms. The molecule has 0 bridgehead atoms. The van der Waals surface area contributed by atoms with Gasteiger partial charge in [0.1, 0.15) is 6.10 Å². The molecule has 1 N–H and O–H groups in total. The van der Waals surface area contributed by atoms with Crippen LogP contribution in [0.4, 0.5) is 0 Å². The van der Waals surface area contributed by atoms with Crippen molar-refractivity contribution in [3.8, 4) is 6.07 Å². The lowest BCUT2D eigenvalue weighted by molar-refractivity contribution is 0.139. The van der Waals surface area contributed by atoms with Crippen LogP contribution in [0.5, 0.6) is 0 Å². The number of aliphatic hydroxyl groups excluding tert-OH is 1.